The van der Waals surface area contributed by atoms with Gasteiger partial charge in [-0.1, -0.05) is 20.8 Å². The lowest BCUT2D eigenvalue weighted by molar-refractivity contribution is -0.645. The van der Waals surface area contributed by atoms with Gasteiger partial charge in [-0.3, -0.25) is 4.99 Å². The molecule has 1 aliphatic heterocycles. The maximum absolute atomic E-state index is 4.44. The van der Waals surface area contributed by atoms with Crippen LogP contribution in [0.2, 0.25) is 0 Å². The highest BCUT2D eigenvalue weighted by molar-refractivity contribution is 5.91. The Morgan fingerprint density at radius 3 is 2.72 bits per heavy atom. The van der Waals surface area contributed by atoms with Crippen LogP contribution in [0.4, 0.5) is 5.69 Å². The SMILES string of the molecule is C[n+]1cc(C(C)(C)C)cc2c3c(ccc21)N=CC3. The number of nitrogens with zero attached hydrogens (tertiary/aromatic N) is 2. The Kier molecular flexibility index (Phi) is 2.31. The third-order valence-corrected chi connectivity index (χ3v) is 3.71. The fourth-order valence-corrected chi connectivity index (χ4v) is 2.56. The van der Waals surface area contributed by atoms with Crippen molar-refractivity contribution in [2.24, 2.45) is 12.0 Å². The van der Waals surface area contributed by atoms with Crippen LogP contribution >= 0.6 is 0 Å². The average Bonchev–Trinajstić information content (AvgIpc) is 2.75. The van der Waals surface area contributed by atoms with E-state index >= 15 is 0 Å². The number of rotatable bonds is 0. The highest BCUT2D eigenvalue weighted by atomic mass is 14.9. The number of aryl methyl sites for hydroxylation is 1. The molecule has 1 aromatic carbocycles. The van der Waals surface area contributed by atoms with Gasteiger partial charge in [-0.2, -0.15) is 0 Å². The second-order valence-electron chi connectivity index (χ2n) is 6.10. The first-order valence-electron chi connectivity index (χ1n) is 6.45. The molecule has 0 N–H and O–H groups in total. The van der Waals surface area contributed by atoms with Crippen molar-refractivity contribution in [1.82, 2.24) is 0 Å². The first kappa shape index (κ1) is 11.4. The lowest BCUT2D eigenvalue weighted by atomic mass is 9.87. The number of hydrogen-bond donors (Lipinski definition) is 0. The molecule has 0 unspecified atom stereocenters. The van der Waals surface area contributed by atoms with Crippen LogP contribution in [-0.2, 0) is 18.9 Å². The number of hydrogen-bond acceptors (Lipinski definition) is 1. The predicted octanol–water partition coefficient (Wildman–Crippen LogP) is 3.22. The Hall–Kier alpha value is -1.70. The highest BCUT2D eigenvalue weighted by Crippen LogP contribution is 2.32. The van der Waals surface area contributed by atoms with Crippen LogP contribution in [0.15, 0.2) is 29.4 Å². The Labute approximate surface area is 108 Å². The molecule has 2 nitrogen and oxygen atoms in total. The van der Waals surface area contributed by atoms with E-state index in [1.54, 1.807) is 0 Å². The number of benzene rings is 1. The largest absolute Gasteiger partial charge is 0.261 e. The molecule has 18 heavy (non-hydrogen) atoms. The molecule has 0 saturated heterocycles. The molecule has 0 atom stereocenters. The minimum atomic E-state index is 0.175. The van der Waals surface area contributed by atoms with Gasteiger partial charge in [0.2, 0.25) is 5.52 Å². The van der Waals surface area contributed by atoms with E-state index in [-0.39, 0.29) is 5.41 Å². The second kappa shape index (κ2) is 3.64. The van der Waals surface area contributed by atoms with E-state index in [0.717, 1.165) is 12.1 Å². The molecule has 1 aromatic heterocycles. The summed E-state index contributed by atoms with van der Waals surface area (Å²) in [5.74, 6) is 0. The van der Waals surface area contributed by atoms with E-state index in [4.69, 9.17) is 0 Å². The first-order valence-corrected chi connectivity index (χ1v) is 6.45. The van der Waals surface area contributed by atoms with Crippen LogP contribution in [-0.4, -0.2) is 6.21 Å². The predicted molar refractivity (Wildman–Crippen MR) is 75.7 cm³/mol. The van der Waals surface area contributed by atoms with Gasteiger partial charge in [0, 0.05) is 24.3 Å². The topological polar surface area (TPSA) is 16.2 Å². The Bertz CT molecular complexity index is 661. The molecule has 0 fully saturated rings. The molecule has 0 amide bonds. The molecule has 92 valence electrons. The molecule has 2 heteroatoms. The van der Waals surface area contributed by atoms with Crippen LogP contribution in [0.5, 0.6) is 0 Å². The van der Waals surface area contributed by atoms with Gasteiger partial charge in [0.05, 0.1) is 11.1 Å². The van der Waals surface area contributed by atoms with Crippen LogP contribution in [0.25, 0.3) is 10.9 Å². The summed E-state index contributed by atoms with van der Waals surface area (Å²) in [4.78, 5) is 4.44. The summed E-state index contributed by atoms with van der Waals surface area (Å²) in [6.45, 7) is 6.77. The Balaban J connectivity index is 2.36. The molecule has 0 radical (unpaired) electrons. The number of aliphatic imine (C=N–C) groups is 1. The molecule has 2 heterocycles. The van der Waals surface area contributed by atoms with Crippen LogP contribution < -0.4 is 4.57 Å². The number of aromatic nitrogens is 1. The summed E-state index contributed by atoms with van der Waals surface area (Å²) in [6.07, 6.45) is 5.21. The van der Waals surface area contributed by atoms with Crippen molar-refractivity contribution < 1.29 is 4.57 Å². The summed E-state index contributed by atoms with van der Waals surface area (Å²) in [5.41, 5.74) is 5.33. The van der Waals surface area contributed by atoms with E-state index in [1.807, 2.05) is 6.21 Å². The van der Waals surface area contributed by atoms with Gasteiger partial charge in [0.15, 0.2) is 6.20 Å². The van der Waals surface area contributed by atoms with Crippen molar-refractivity contribution in [2.45, 2.75) is 32.6 Å². The van der Waals surface area contributed by atoms with Crippen molar-refractivity contribution in [3.05, 3.63) is 35.5 Å². The molecule has 1 aliphatic rings. The minimum Gasteiger partial charge on any atom is -0.261 e. The third kappa shape index (κ3) is 1.64. The molecule has 3 rings (SSSR count). The highest BCUT2D eigenvalue weighted by Gasteiger charge is 2.22. The van der Waals surface area contributed by atoms with Crippen molar-refractivity contribution in [2.75, 3.05) is 0 Å². The summed E-state index contributed by atoms with van der Waals surface area (Å²) in [5, 5.41) is 1.35. The third-order valence-electron chi connectivity index (χ3n) is 3.71. The number of pyridine rings is 1. The van der Waals surface area contributed by atoms with E-state index < -0.39 is 0 Å². The quantitative estimate of drug-likeness (QED) is 0.628. The average molecular weight is 239 g/mol. The van der Waals surface area contributed by atoms with Gasteiger partial charge in [-0.25, -0.2) is 4.57 Å². The van der Waals surface area contributed by atoms with E-state index in [0.29, 0.717) is 0 Å². The molecule has 0 spiro atoms. The van der Waals surface area contributed by atoms with Gasteiger partial charge in [-0.05, 0) is 23.1 Å². The van der Waals surface area contributed by atoms with Gasteiger partial charge in [0.25, 0.3) is 0 Å². The van der Waals surface area contributed by atoms with Gasteiger partial charge in [-0.15, -0.1) is 0 Å². The van der Waals surface area contributed by atoms with Crippen molar-refractivity contribution >= 4 is 22.8 Å². The van der Waals surface area contributed by atoms with Crippen LogP contribution in [0, 0.1) is 0 Å². The van der Waals surface area contributed by atoms with Crippen molar-refractivity contribution in [3.8, 4) is 0 Å². The fraction of sp³-hybridized carbons (Fsp3) is 0.375. The molecule has 2 aromatic rings. The monoisotopic (exact) mass is 239 g/mol. The Morgan fingerprint density at radius 2 is 2.00 bits per heavy atom. The van der Waals surface area contributed by atoms with E-state index in [1.165, 1.54) is 22.0 Å². The van der Waals surface area contributed by atoms with Crippen LogP contribution in [0.3, 0.4) is 0 Å². The molecule has 0 bridgehead atoms. The number of fused-ring (bicyclic) bond motifs is 3. The van der Waals surface area contributed by atoms with E-state index in [9.17, 15) is 0 Å². The lowest BCUT2D eigenvalue weighted by Gasteiger charge is -2.18. The molecular formula is C16H19N2+. The maximum atomic E-state index is 4.44. The summed E-state index contributed by atoms with van der Waals surface area (Å²) < 4.78 is 2.23. The van der Waals surface area contributed by atoms with Crippen molar-refractivity contribution in [3.63, 3.8) is 0 Å². The zero-order valence-electron chi connectivity index (χ0n) is 11.5. The van der Waals surface area contributed by atoms with Crippen molar-refractivity contribution in [1.29, 1.82) is 0 Å². The van der Waals surface area contributed by atoms with Gasteiger partial charge in [0.1, 0.15) is 7.05 Å². The van der Waals surface area contributed by atoms with Crippen LogP contribution in [0.1, 0.15) is 31.9 Å². The lowest BCUT2D eigenvalue weighted by Crippen LogP contribution is -2.31. The standard InChI is InChI=1S/C16H19N2/c1-16(2,3)11-9-13-12-7-8-17-14(12)5-6-15(13)18(4)10-11/h5-6,8-10H,7H2,1-4H3/q+1. The first-order chi connectivity index (χ1) is 8.47. The zero-order valence-corrected chi connectivity index (χ0v) is 11.5. The smallest absolute Gasteiger partial charge is 0.212 e. The summed E-state index contributed by atoms with van der Waals surface area (Å²) in [6, 6.07) is 6.63. The molecule has 0 saturated carbocycles. The zero-order chi connectivity index (χ0) is 12.9. The normalized spacial score (nSPS) is 14.2. The molecular weight excluding hydrogens is 220 g/mol. The maximum Gasteiger partial charge on any atom is 0.212 e. The van der Waals surface area contributed by atoms with E-state index in [2.05, 4.69) is 61.8 Å². The second-order valence-corrected chi connectivity index (χ2v) is 6.10. The minimum absolute atomic E-state index is 0.175. The fourth-order valence-electron chi connectivity index (χ4n) is 2.56. The van der Waals surface area contributed by atoms with Gasteiger partial charge < -0.3 is 0 Å². The summed E-state index contributed by atoms with van der Waals surface area (Å²) >= 11 is 0. The Morgan fingerprint density at radius 1 is 1.22 bits per heavy atom. The molecule has 0 aliphatic carbocycles. The summed E-state index contributed by atoms with van der Waals surface area (Å²) in [7, 11) is 2.12. The van der Waals surface area contributed by atoms with Gasteiger partial charge >= 0.3 is 0 Å².